The average molecular weight is 591 g/mol. The Balaban J connectivity index is 1.55. The number of anilines is 2. The van der Waals surface area contributed by atoms with Gasteiger partial charge in [-0.05, 0) is 80.9 Å². The zero-order valence-electron chi connectivity index (χ0n) is 23.0. The zero-order chi connectivity index (χ0) is 29.7. The molecule has 41 heavy (non-hydrogen) atoms. The number of nitrogens with zero attached hydrogens (tertiary/aromatic N) is 4. The van der Waals surface area contributed by atoms with Gasteiger partial charge in [0, 0.05) is 35.2 Å². The van der Waals surface area contributed by atoms with Crippen molar-refractivity contribution in [2.45, 2.75) is 37.8 Å². The minimum atomic E-state index is -1.26. The number of urea groups is 1. The molecule has 0 saturated carbocycles. The molecule has 3 aromatic rings. The highest BCUT2D eigenvalue weighted by Gasteiger charge is 2.64. The third-order valence-corrected chi connectivity index (χ3v) is 7.91. The van der Waals surface area contributed by atoms with Crippen LogP contribution >= 0.6 is 23.2 Å². The average Bonchev–Trinajstić information content (AvgIpc) is 3.40. The number of ether oxygens (including phenoxy) is 1. The molecule has 2 aliphatic rings. The number of likely N-dealkylation sites (N-methyl/N-ethyl adjacent to an activating group) is 1. The van der Waals surface area contributed by atoms with E-state index >= 15 is 0 Å². The lowest BCUT2D eigenvalue weighted by Gasteiger charge is -2.33. The molecule has 5 rings (SSSR count). The fourth-order valence-corrected chi connectivity index (χ4v) is 6.06. The second kappa shape index (κ2) is 10.4. The molecule has 1 spiro atoms. The van der Waals surface area contributed by atoms with E-state index in [0.717, 1.165) is 16.2 Å². The maximum Gasteiger partial charge on any atom is 0.338 e. The highest BCUT2D eigenvalue weighted by molar-refractivity contribution is 6.36. The molecule has 8 nitrogen and oxygen atoms in total. The van der Waals surface area contributed by atoms with Crippen molar-refractivity contribution in [2.24, 2.45) is 0 Å². The lowest BCUT2D eigenvalue weighted by molar-refractivity contribution is -0.124. The molecule has 0 aromatic heterocycles. The number of carbonyl (C=O) groups is 3. The van der Waals surface area contributed by atoms with E-state index in [0.29, 0.717) is 33.4 Å². The van der Waals surface area contributed by atoms with Crippen LogP contribution in [-0.4, -0.2) is 54.1 Å². The van der Waals surface area contributed by atoms with Crippen molar-refractivity contribution in [3.8, 4) is 6.07 Å². The van der Waals surface area contributed by atoms with Gasteiger partial charge in [-0.25, -0.2) is 14.5 Å². The number of amides is 3. The minimum Gasteiger partial charge on any atom is -0.456 e. The molecule has 0 radical (unpaired) electrons. The molecule has 2 heterocycles. The van der Waals surface area contributed by atoms with E-state index in [1.165, 1.54) is 23.1 Å². The molecule has 2 saturated heterocycles. The molecule has 0 aliphatic carbocycles. The minimum absolute atomic E-state index is 0.204. The number of benzene rings is 3. The maximum atomic E-state index is 14.4. The number of halogens is 2. The molecule has 2 atom stereocenters. The van der Waals surface area contributed by atoms with Gasteiger partial charge in [-0.2, -0.15) is 5.26 Å². The summed E-state index contributed by atoms with van der Waals surface area (Å²) in [6.45, 7) is 6.04. The molecule has 2 fully saturated rings. The van der Waals surface area contributed by atoms with Gasteiger partial charge in [-0.3, -0.25) is 4.79 Å². The predicted octanol–water partition coefficient (Wildman–Crippen LogP) is 6.26. The largest absolute Gasteiger partial charge is 0.456 e. The van der Waals surface area contributed by atoms with Crippen LogP contribution in [-0.2, 0) is 9.53 Å². The topological polar surface area (TPSA) is 94.0 Å². The Bertz CT molecular complexity index is 1560. The summed E-state index contributed by atoms with van der Waals surface area (Å²) in [4.78, 5) is 45.3. The van der Waals surface area contributed by atoms with Crippen molar-refractivity contribution < 1.29 is 19.1 Å². The second-order valence-electron chi connectivity index (χ2n) is 11.2. The van der Waals surface area contributed by atoms with E-state index in [1.54, 1.807) is 31.3 Å². The van der Waals surface area contributed by atoms with Gasteiger partial charge in [0.15, 0.2) is 0 Å². The van der Waals surface area contributed by atoms with E-state index in [2.05, 4.69) is 6.07 Å². The summed E-state index contributed by atoms with van der Waals surface area (Å²) in [5.41, 5.74) is 0.915. The number of carbonyl (C=O) groups excluding carboxylic acids is 3. The number of hydrogen-bond acceptors (Lipinski definition) is 6. The summed E-state index contributed by atoms with van der Waals surface area (Å²) >= 11 is 12.4. The van der Waals surface area contributed by atoms with Crippen molar-refractivity contribution in [3.63, 3.8) is 0 Å². The molecular formula is C31H28Cl2N4O4. The quantitative estimate of drug-likeness (QED) is 0.263. The fraction of sp³-hybridized carbons (Fsp3) is 0.290. The van der Waals surface area contributed by atoms with Gasteiger partial charge >= 0.3 is 12.0 Å². The predicted molar refractivity (Wildman–Crippen MR) is 158 cm³/mol. The van der Waals surface area contributed by atoms with E-state index in [4.69, 9.17) is 27.9 Å². The lowest BCUT2D eigenvalue weighted by Crippen LogP contribution is -2.53. The molecule has 0 unspecified atom stereocenters. The Kier molecular flexibility index (Phi) is 7.22. The zero-order valence-corrected chi connectivity index (χ0v) is 24.5. The number of hydrogen-bond donors (Lipinski definition) is 0. The normalized spacial score (nSPS) is 20.6. The van der Waals surface area contributed by atoms with Crippen LogP contribution in [0.15, 0.2) is 66.7 Å². The van der Waals surface area contributed by atoms with Crippen LogP contribution in [0.2, 0.25) is 10.0 Å². The SMILES string of the molecule is CN1C(=O)N(c2cc(Cl)cc(Cl)c2)C(=O)[C@]12CN(c1ccc(C(=O)OC(C)(C)C)cc1)C[C@@H]2c1ccc(C#N)cc1. The van der Waals surface area contributed by atoms with Crippen LogP contribution < -0.4 is 9.80 Å². The van der Waals surface area contributed by atoms with E-state index in [1.807, 2.05) is 49.9 Å². The van der Waals surface area contributed by atoms with E-state index < -0.39 is 35.0 Å². The number of rotatable bonds is 4. The van der Waals surface area contributed by atoms with E-state index in [-0.39, 0.29) is 6.54 Å². The fourth-order valence-electron chi connectivity index (χ4n) is 5.55. The van der Waals surface area contributed by atoms with Gasteiger partial charge in [0.1, 0.15) is 11.1 Å². The van der Waals surface area contributed by atoms with Crippen LogP contribution in [0.1, 0.15) is 48.2 Å². The molecule has 0 N–H and O–H groups in total. The highest BCUT2D eigenvalue weighted by Crippen LogP contribution is 2.47. The molecular weight excluding hydrogens is 563 g/mol. The molecule has 0 bridgehead atoms. The van der Waals surface area contributed by atoms with Gasteiger partial charge in [-0.1, -0.05) is 35.3 Å². The third-order valence-electron chi connectivity index (χ3n) is 7.48. The monoisotopic (exact) mass is 590 g/mol. The Morgan fingerprint density at radius 2 is 1.59 bits per heavy atom. The van der Waals surface area contributed by atoms with Crippen LogP contribution in [0.3, 0.4) is 0 Å². The van der Waals surface area contributed by atoms with Crippen LogP contribution in [0.4, 0.5) is 16.2 Å². The standard InChI is InChI=1S/C31H28Cl2N4O4/c1-30(2,3)41-27(38)21-9-11-24(12-10-21)36-17-26(20-7-5-19(16-34)6-8-20)31(18-36)28(39)37(29(40)35(31)4)25-14-22(32)13-23(33)15-25/h5-15,26H,17-18H2,1-4H3/t26-,31-/m1/s1. The highest BCUT2D eigenvalue weighted by atomic mass is 35.5. The van der Waals surface area contributed by atoms with Crippen molar-refractivity contribution in [2.75, 3.05) is 29.9 Å². The van der Waals surface area contributed by atoms with Crippen molar-refractivity contribution >= 4 is 52.5 Å². The Labute approximate surface area is 248 Å². The summed E-state index contributed by atoms with van der Waals surface area (Å²) in [6.07, 6.45) is 0. The Hall–Kier alpha value is -4.06. The second-order valence-corrected chi connectivity index (χ2v) is 12.1. The van der Waals surface area contributed by atoms with Crippen molar-refractivity contribution in [1.29, 1.82) is 5.26 Å². The van der Waals surface area contributed by atoms with Gasteiger partial charge in [0.25, 0.3) is 5.91 Å². The maximum absolute atomic E-state index is 14.4. The molecule has 2 aliphatic heterocycles. The number of imide groups is 1. The van der Waals surface area contributed by atoms with Gasteiger partial charge < -0.3 is 14.5 Å². The van der Waals surface area contributed by atoms with Gasteiger partial charge in [0.05, 0.1) is 29.4 Å². The number of nitriles is 1. The number of esters is 1. The first kappa shape index (κ1) is 28.5. The molecule has 10 heteroatoms. The summed E-state index contributed by atoms with van der Waals surface area (Å²) in [6, 6.07) is 20.3. The Morgan fingerprint density at radius 1 is 0.976 bits per heavy atom. The smallest absolute Gasteiger partial charge is 0.338 e. The van der Waals surface area contributed by atoms with Crippen molar-refractivity contribution in [1.82, 2.24) is 4.90 Å². The van der Waals surface area contributed by atoms with Crippen LogP contribution in [0, 0.1) is 11.3 Å². The molecule has 3 aromatic carbocycles. The van der Waals surface area contributed by atoms with Crippen LogP contribution in [0.25, 0.3) is 0 Å². The first-order valence-electron chi connectivity index (χ1n) is 13.0. The van der Waals surface area contributed by atoms with E-state index in [9.17, 15) is 19.6 Å². The van der Waals surface area contributed by atoms with Crippen molar-refractivity contribution in [3.05, 3.63) is 93.5 Å². The summed E-state index contributed by atoms with van der Waals surface area (Å²) < 4.78 is 5.48. The van der Waals surface area contributed by atoms with Crippen LogP contribution in [0.5, 0.6) is 0 Å². The first-order valence-corrected chi connectivity index (χ1v) is 13.8. The van der Waals surface area contributed by atoms with Gasteiger partial charge in [0.2, 0.25) is 0 Å². The molecule has 3 amide bonds. The summed E-state index contributed by atoms with van der Waals surface area (Å²) in [7, 11) is 1.62. The Morgan fingerprint density at radius 3 is 2.15 bits per heavy atom. The van der Waals surface area contributed by atoms with Gasteiger partial charge in [-0.15, -0.1) is 0 Å². The lowest BCUT2D eigenvalue weighted by atomic mass is 9.80. The first-order chi connectivity index (χ1) is 19.3. The third kappa shape index (κ3) is 5.12. The summed E-state index contributed by atoms with van der Waals surface area (Å²) in [5.74, 6) is -1.25. The summed E-state index contributed by atoms with van der Waals surface area (Å²) in [5, 5.41) is 9.92. The molecule has 210 valence electrons.